The molecule has 0 amide bonds. The third kappa shape index (κ3) is 4.36. The van der Waals surface area contributed by atoms with E-state index in [2.05, 4.69) is 11.3 Å². The fourth-order valence-corrected chi connectivity index (χ4v) is 2.16. The highest BCUT2D eigenvalue weighted by atomic mass is 19.4. The molecule has 0 spiro atoms. The second kappa shape index (κ2) is 6.56. The molecule has 25 heavy (non-hydrogen) atoms. The van der Waals surface area contributed by atoms with Crippen molar-refractivity contribution in [1.82, 2.24) is 4.90 Å². The molecule has 0 aromatic heterocycles. The molecule has 4 unspecified atom stereocenters. The predicted octanol–water partition coefficient (Wildman–Crippen LogP) is 4.32. The normalized spacial score (nSPS) is 27.7. The zero-order valence-electron chi connectivity index (χ0n) is 12.4. The SMILES string of the molecule is C=C(C)C(F)(C(F)N1CC(C(F)(F)F)OC(C(F)(F)F)C1)C(F)(F)F. The monoisotopic (exact) mass is 395 g/mol. The van der Waals surface area contributed by atoms with Crippen LogP contribution >= 0.6 is 0 Å². The van der Waals surface area contributed by atoms with Crippen molar-refractivity contribution >= 4 is 0 Å². The van der Waals surface area contributed by atoms with E-state index < -0.39 is 66.3 Å². The van der Waals surface area contributed by atoms with E-state index in [-0.39, 0.29) is 0 Å². The van der Waals surface area contributed by atoms with Gasteiger partial charge >= 0.3 is 18.5 Å². The van der Waals surface area contributed by atoms with Crippen LogP contribution in [-0.4, -0.2) is 60.7 Å². The lowest BCUT2D eigenvalue weighted by Gasteiger charge is -2.44. The maximum atomic E-state index is 14.2. The van der Waals surface area contributed by atoms with Gasteiger partial charge in [-0.25, -0.2) is 8.78 Å². The fourth-order valence-electron chi connectivity index (χ4n) is 2.16. The van der Waals surface area contributed by atoms with Crippen LogP contribution in [0.3, 0.4) is 0 Å². The number of rotatable bonds is 3. The second-order valence-corrected chi connectivity index (χ2v) is 5.48. The average Bonchev–Trinajstić information content (AvgIpc) is 2.41. The van der Waals surface area contributed by atoms with Crippen molar-refractivity contribution in [3.8, 4) is 0 Å². The van der Waals surface area contributed by atoms with Crippen molar-refractivity contribution in [2.75, 3.05) is 13.1 Å². The van der Waals surface area contributed by atoms with Gasteiger partial charge in [-0.05, 0) is 12.5 Å². The van der Waals surface area contributed by atoms with E-state index in [0.717, 1.165) is 0 Å². The first-order valence-electron chi connectivity index (χ1n) is 6.51. The van der Waals surface area contributed by atoms with Crippen LogP contribution < -0.4 is 0 Å². The van der Waals surface area contributed by atoms with Crippen molar-refractivity contribution in [1.29, 1.82) is 0 Å². The van der Waals surface area contributed by atoms with E-state index in [1.165, 1.54) is 0 Å². The highest BCUT2D eigenvalue weighted by Crippen LogP contribution is 2.45. The number of hydrogen-bond acceptors (Lipinski definition) is 2. The van der Waals surface area contributed by atoms with Crippen molar-refractivity contribution in [2.45, 2.75) is 49.6 Å². The number of halogens is 11. The molecule has 1 rings (SSSR count). The first-order valence-corrected chi connectivity index (χ1v) is 6.51. The molecule has 0 bridgehead atoms. The molecule has 0 saturated carbocycles. The minimum Gasteiger partial charge on any atom is -0.353 e. The highest BCUT2D eigenvalue weighted by molar-refractivity contribution is 5.18. The van der Waals surface area contributed by atoms with Crippen LogP contribution in [0.2, 0.25) is 0 Å². The summed E-state index contributed by atoms with van der Waals surface area (Å²) in [6.45, 7) is -0.460. The topological polar surface area (TPSA) is 12.5 Å². The number of alkyl halides is 11. The van der Waals surface area contributed by atoms with Gasteiger partial charge < -0.3 is 4.74 Å². The Kier molecular flexibility index (Phi) is 5.75. The lowest BCUT2D eigenvalue weighted by molar-refractivity contribution is -0.322. The van der Waals surface area contributed by atoms with Crippen molar-refractivity contribution in [3.05, 3.63) is 12.2 Å². The average molecular weight is 395 g/mol. The van der Waals surface area contributed by atoms with E-state index in [1.54, 1.807) is 0 Å². The number of ether oxygens (including phenoxy) is 1. The highest BCUT2D eigenvalue weighted by Gasteiger charge is 2.66. The molecule has 4 atom stereocenters. The van der Waals surface area contributed by atoms with Gasteiger partial charge in [0.05, 0.1) is 0 Å². The third-order valence-corrected chi connectivity index (χ3v) is 3.54. The van der Waals surface area contributed by atoms with E-state index in [1.807, 2.05) is 0 Å². The number of nitrogens with zero attached hydrogens (tertiary/aromatic N) is 1. The van der Waals surface area contributed by atoms with Gasteiger partial charge in [0.15, 0.2) is 12.2 Å². The predicted molar refractivity (Wildman–Crippen MR) is 61.9 cm³/mol. The van der Waals surface area contributed by atoms with Gasteiger partial charge in [-0.1, -0.05) is 6.58 Å². The molecular weight excluding hydrogens is 383 g/mol. The van der Waals surface area contributed by atoms with Crippen LogP contribution in [-0.2, 0) is 4.74 Å². The summed E-state index contributed by atoms with van der Waals surface area (Å²) in [5.74, 6) is 0. The first kappa shape index (κ1) is 21.9. The Hall–Kier alpha value is -1.11. The van der Waals surface area contributed by atoms with Crippen LogP contribution in [0, 0.1) is 0 Å². The van der Waals surface area contributed by atoms with Gasteiger partial charge in [0.2, 0.25) is 6.30 Å². The Balaban J connectivity index is 3.26. The molecule has 0 aromatic rings. The van der Waals surface area contributed by atoms with Crippen LogP contribution in [0.4, 0.5) is 48.3 Å². The smallest absolute Gasteiger partial charge is 0.353 e. The lowest BCUT2D eigenvalue weighted by atomic mass is 9.94. The molecule has 2 nitrogen and oxygen atoms in total. The molecule has 1 heterocycles. The van der Waals surface area contributed by atoms with Crippen molar-refractivity contribution in [2.24, 2.45) is 0 Å². The quantitative estimate of drug-likeness (QED) is 0.401. The van der Waals surface area contributed by atoms with Crippen LogP contribution in [0.5, 0.6) is 0 Å². The van der Waals surface area contributed by atoms with Gasteiger partial charge in [-0.3, -0.25) is 4.90 Å². The minimum absolute atomic E-state index is 0.420. The molecule has 0 N–H and O–H groups in total. The van der Waals surface area contributed by atoms with Gasteiger partial charge in [0.1, 0.15) is 0 Å². The molecule has 148 valence electrons. The summed E-state index contributed by atoms with van der Waals surface area (Å²) in [5.41, 5.74) is -6.30. The maximum absolute atomic E-state index is 14.2. The molecule has 1 aliphatic heterocycles. The lowest BCUT2D eigenvalue weighted by Crippen LogP contribution is -2.64. The van der Waals surface area contributed by atoms with E-state index in [4.69, 9.17) is 0 Å². The third-order valence-electron chi connectivity index (χ3n) is 3.54. The molecule has 0 aromatic carbocycles. The van der Waals surface area contributed by atoms with Crippen LogP contribution in [0.25, 0.3) is 0 Å². The van der Waals surface area contributed by atoms with Crippen molar-refractivity contribution in [3.63, 3.8) is 0 Å². The van der Waals surface area contributed by atoms with E-state index in [0.29, 0.717) is 6.92 Å². The van der Waals surface area contributed by atoms with Gasteiger partial charge in [-0.2, -0.15) is 39.5 Å². The zero-order valence-corrected chi connectivity index (χ0v) is 12.4. The Morgan fingerprint density at radius 2 is 1.28 bits per heavy atom. The van der Waals surface area contributed by atoms with Gasteiger partial charge in [-0.15, -0.1) is 0 Å². The van der Waals surface area contributed by atoms with Gasteiger partial charge in [0.25, 0.3) is 5.67 Å². The van der Waals surface area contributed by atoms with E-state index in [9.17, 15) is 48.3 Å². The summed E-state index contributed by atoms with van der Waals surface area (Å²) in [5, 5.41) is 0. The summed E-state index contributed by atoms with van der Waals surface area (Å²) in [6, 6.07) is 0. The Bertz CT molecular complexity index is 475. The molecular formula is C12H12F11NO. The number of hydrogen-bond donors (Lipinski definition) is 0. The van der Waals surface area contributed by atoms with E-state index >= 15 is 0 Å². The Labute approximate surface area is 134 Å². The standard InChI is InChI=1S/C12H12F11NO/c1-5(2)9(14,12(21,22)23)8(13)24-3-6(10(15,16)17)25-7(4-24)11(18,19)20/h6-8H,1,3-4H2,2H3. The fraction of sp³-hybridized carbons (Fsp3) is 0.833. The number of morpholine rings is 1. The van der Waals surface area contributed by atoms with Gasteiger partial charge in [0, 0.05) is 13.1 Å². The zero-order chi connectivity index (χ0) is 20.0. The minimum atomic E-state index is -5.95. The first-order chi connectivity index (χ1) is 10.9. The summed E-state index contributed by atoms with van der Waals surface area (Å²) in [6.07, 6.45) is -27.2. The van der Waals surface area contributed by atoms with Crippen LogP contribution in [0.15, 0.2) is 12.2 Å². The summed E-state index contributed by atoms with van der Waals surface area (Å²) >= 11 is 0. The Morgan fingerprint density at radius 3 is 1.52 bits per heavy atom. The molecule has 0 aliphatic carbocycles. The summed E-state index contributed by atoms with van der Waals surface area (Å²) < 4.78 is 147. The van der Waals surface area contributed by atoms with Crippen LogP contribution in [0.1, 0.15) is 6.92 Å². The summed E-state index contributed by atoms with van der Waals surface area (Å²) in [7, 11) is 0. The summed E-state index contributed by atoms with van der Waals surface area (Å²) in [4.78, 5) is -0.526. The molecule has 1 aliphatic rings. The molecule has 0 radical (unpaired) electrons. The van der Waals surface area contributed by atoms with Crippen molar-refractivity contribution < 1.29 is 53.0 Å². The molecule has 13 heteroatoms. The Morgan fingerprint density at radius 1 is 0.920 bits per heavy atom. The second-order valence-electron chi connectivity index (χ2n) is 5.48. The maximum Gasteiger partial charge on any atom is 0.430 e. The molecule has 1 fully saturated rings. The molecule has 1 saturated heterocycles. The largest absolute Gasteiger partial charge is 0.430 e.